The molecule has 0 aliphatic heterocycles. The van der Waals surface area contributed by atoms with Gasteiger partial charge in [-0.1, -0.05) is 71.1 Å². The van der Waals surface area contributed by atoms with Crippen LogP contribution in [0.1, 0.15) is 70.4 Å². The minimum absolute atomic E-state index is 0.561. The number of unbranched alkanes of at least 4 members (excludes halogenated alkanes) is 2. The van der Waals surface area contributed by atoms with Crippen molar-refractivity contribution in [3.63, 3.8) is 0 Å². The standard InChI is InChI=1S/C18H30O/c1-4-7-10-15(6-3)14-17-13-9-12-16(18(17)19)11-8-5-2/h9,12-13,15,19H,4-8,10-11,14H2,1-3H3. The van der Waals surface area contributed by atoms with Crippen LogP contribution in [0.4, 0.5) is 0 Å². The number of rotatable bonds is 9. The number of benzene rings is 1. The summed E-state index contributed by atoms with van der Waals surface area (Å²) < 4.78 is 0. The Balaban J connectivity index is 2.71. The third-order valence-electron chi connectivity index (χ3n) is 4.05. The fraction of sp³-hybridized carbons (Fsp3) is 0.667. The Morgan fingerprint density at radius 1 is 1.00 bits per heavy atom. The molecule has 0 aliphatic carbocycles. The second-order valence-electron chi connectivity index (χ2n) is 5.65. The van der Waals surface area contributed by atoms with Gasteiger partial charge in [-0.2, -0.15) is 0 Å². The van der Waals surface area contributed by atoms with Crippen molar-refractivity contribution < 1.29 is 5.11 Å². The van der Waals surface area contributed by atoms with Crippen molar-refractivity contribution in [1.82, 2.24) is 0 Å². The first-order valence-electron chi connectivity index (χ1n) is 8.02. The summed E-state index contributed by atoms with van der Waals surface area (Å²) in [6, 6.07) is 6.27. The maximum atomic E-state index is 10.4. The second-order valence-corrected chi connectivity index (χ2v) is 5.65. The maximum absolute atomic E-state index is 10.4. The lowest BCUT2D eigenvalue weighted by molar-refractivity contribution is 0.423. The van der Waals surface area contributed by atoms with Crippen LogP contribution in [0.25, 0.3) is 0 Å². The fourth-order valence-corrected chi connectivity index (χ4v) is 2.63. The Morgan fingerprint density at radius 2 is 1.68 bits per heavy atom. The van der Waals surface area contributed by atoms with Gasteiger partial charge in [0.1, 0.15) is 5.75 Å². The van der Waals surface area contributed by atoms with E-state index in [1.165, 1.54) is 32.1 Å². The minimum atomic E-state index is 0.561. The number of hydrogen-bond acceptors (Lipinski definition) is 1. The lowest BCUT2D eigenvalue weighted by Gasteiger charge is -2.16. The zero-order valence-corrected chi connectivity index (χ0v) is 12.9. The van der Waals surface area contributed by atoms with Crippen molar-refractivity contribution in [2.45, 2.75) is 72.1 Å². The summed E-state index contributed by atoms with van der Waals surface area (Å²) in [6.07, 6.45) is 9.42. The molecule has 0 fully saturated rings. The summed E-state index contributed by atoms with van der Waals surface area (Å²) in [7, 11) is 0. The third-order valence-corrected chi connectivity index (χ3v) is 4.05. The molecule has 108 valence electrons. The summed E-state index contributed by atoms with van der Waals surface area (Å²) in [4.78, 5) is 0. The van der Waals surface area contributed by atoms with Gasteiger partial charge < -0.3 is 5.11 Å². The van der Waals surface area contributed by atoms with Gasteiger partial charge in [-0.3, -0.25) is 0 Å². The van der Waals surface area contributed by atoms with Crippen LogP contribution in [-0.4, -0.2) is 5.11 Å². The largest absolute Gasteiger partial charge is 0.507 e. The molecule has 0 saturated heterocycles. The molecule has 1 N–H and O–H groups in total. The molecule has 0 spiro atoms. The van der Waals surface area contributed by atoms with Crippen LogP contribution in [0.2, 0.25) is 0 Å². The molecule has 0 heterocycles. The van der Waals surface area contributed by atoms with Gasteiger partial charge in [-0.25, -0.2) is 0 Å². The number of para-hydroxylation sites is 1. The van der Waals surface area contributed by atoms with Crippen LogP contribution in [-0.2, 0) is 12.8 Å². The van der Waals surface area contributed by atoms with E-state index in [0.29, 0.717) is 11.7 Å². The van der Waals surface area contributed by atoms with Gasteiger partial charge in [-0.05, 0) is 36.3 Å². The van der Waals surface area contributed by atoms with Crippen molar-refractivity contribution in [2.75, 3.05) is 0 Å². The Hall–Kier alpha value is -0.980. The second kappa shape index (κ2) is 9.01. The van der Waals surface area contributed by atoms with Crippen LogP contribution >= 0.6 is 0 Å². The van der Waals surface area contributed by atoms with Gasteiger partial charge in [0.2, 0.25) is 0 Å². The average Bonchev–Trinajstić information content (AvgIpc) is 2.43. The van der Waals surface area contributed by atoms with E-state index >= 15 is 0 Å². The predicted octanol–water partition coefficient (Wildman–Crippen LogP) is 5.49. The molecule has 1 nitrogen and oxygen atoms in total. The lowest BCUT2D eigenvalue weighted by Crippen LogP contribution is -2.04. The zero-order valence-electron chi connectivity index (χ0n) is 12.9. The normalized spacial score (nSPS) is 12.6. The summed E-state index contributed by atoms with van der Waals surface area (Å²) in [5, 5.41) is 10.4. The Kier molecular flexibility index (Phi) is 7.62. The van der Waals surface area contributed by atoms with Crippen molar-refractivity contribution in [1.29, 1.82) is 0 Å². The van der Waals surface area contributed by atoms with Crippen LogP contribution in [0.5, 0.6) is 5.75 Å². The molecule has 1 heteroatoms. The summed E-state index contributed by atoms with van der Waals surface area (Å²) in [5.74, 6) is 1.28. The Labute approximate surface area is 119 Å². The van der Waals surface area contributed by atoms with Crippen molar-refractivity contribution in [3.8, 4) is 5.75 Å². The molecular formula is C18H30O. The van der Waals surface area contributed by atoms with Crippen molar-refractivity contribution in [2.24, 2.45) is 5.92 Å². The molecule has 1 unspecified atom stereocenters. The molecular weight excluding hydrogens is 232 g/mol. The number of hydrogen-bond donors (Lipinski definition) is 1. The zero-order chi connectivity index (χ0) is 14.1. The molecule has 19 heavy (non-hydrogen) atoms. The van der Waals surface area contributed by atoms with E-state index in [1.54, 1.807) is 0 Å². The van der Waals surface area contributed by atoms with Crippen LogP contribution < -0.4 is 0 Å². The highest BCUT2D eigenvalue weighted by Crippen LogP contribution is 2.28. The molecule has 1 aromatic carbocycles. The molecule has 0 bridgehead atoms. The van der Waals surface area contributed by atoms with Gasteiger partial charge >= 0.3 is 0 Å². The summed E-state index contributed by atoms with van der Waals surface area (Å²) >= 11 is 0. The van der Waals surface area contributed by atoms with E-state index in [9.17, 15) is 5.11 Å². The number of aromatic hydroxyl groups is 1. The van der Waals surface area contributed by atoms with E-state index in [0.717, 1.165) is 30.4 Å². The molecule has 1 atom stereocenters. The number of phenolic OH excluding ortho intramolecular Hbond substituents is 1. The van der Waals surface area contributed by atoms with Gasteiger partial charge in [-0.15, -0.1) is 0 Å². The van der Waals surface area contributed by atoms with Crippen LogP contribution in [0.3, 0.4) is 0 Å². The first kappa shape index (κ1) is 16.1. The van der Waals surface area contributed by atoms with Crippen LogP contribution in [0, 0.1) is 5.92 Å². The monoisotopic (exact) mass is 262 g/mol. The number of phenols is 1. The third kappa shape index (κ3) is 5.26. The summed E-state index contributed by atoms with van der Waals surface area (Å²) in [5.41, 5.74) is 2.28. The van der Waals surface area contributed by atoms with E-state index in [4.69, 9.17) is 0 Å². The highest BCUT2D eigenvalue weighted by Gasteiger charge is 2.12. The van der Waals surface area contributed by atoms with Gasteiger partial charge in [0, 0.05) is 0 Å². The SMILES string of the molecule is CCCCc1cccc(CC(CC)CCCC)c1O. The topological polar surface area (TPSA) is 20.2 Å². The molecule has 1 rings (SSSR count). The predicted molar refractivity (Wildman–Crippen MR) is 83.7 cm³/mol. The highest BCUT2D eigenvalue weighted by atomic mass is 16.3. The molecule has 0 aliphatic rings. The molecule has 0 aromatic heterocycles. The lowest BCUT2D eigenvalue weighted by atomic mass is 9.90. The average molecular weight is 262 g/mol. The number of aryl methyl sites for hydroxylation is 1. The van der Waals surface area contributed by atoms with Gasteiger partial charge in [0.25, 0.3) is 0 Å². The molecule has 1 aromatic rings. The van der Waals surface area contributed by atoms with E-state index < -0.39 is 0 Å². The summed E-state index contributed by atoms with van der Waals surface area (Å²) in [6.45, 7) is 6.70. The fourth-order valence-electron chi connectivity index (χ4n) is 2.63. The quantitative estimate of drug-likeness (QED) is 0.623. The maximum Gasteiger partial charge on any atom is 0.121 e. The van der Waals surface area contributed by atoms with Crippen LogP contribution in [0.15, 0.2) is 18.2 Å². The molecule has 0 amide bonds. The smallest absolute Gasteiger partial charge is 0.121 e. The van der Waals surface area contributed by atoms with Gasteiger partial charge in [0.05, 0.1) is 0 Å². The molecule has 0 saturated carbocycles. The minimum Gasteiger partial charge on any atom is -0.507 e. The Morgan fingerprint density at radius 3 is 2.32 bits per heavy atom. The van der Waals surface area contributed by atoms with Gasteiger partial charge in [0.15, 0.2) is 0 Å². The first-order valence-corrected chi connectivity index (χ1v) is 8.02. The van der Waals surface area contributed by atoms with E-state index in [-0.39, 0.29) is 0 Å². The Bertz CT molecular complexity index is 357. The van der Waals surface area contributed by atoms with Crippen molar-refractivity contribution >= 4 is 0 Å². The first-order chi connectivity index (χ1) is 9.22. The van der Waals surface area contributed by atoms with E-state index in [2.05, 4.69) is 39.0 Å². The highest BCUT2D eigenvalue weighted by molar-refractivity contribution is 5.40. The molecule has 0 radical (unpaired) electrons. The van der Waals surface area contributed by atoms with E-state index in [1.807, 2.05) is 0 Å². The van der Waals surface area contributed by atoms with Crippen molar-refractivity contribution in [3.05, 3.63) is 29.3 Å².